The Morgan fingerprint density at radius 1 is 1.50 bits per heavy atom. The lowest BCUT2D eigenvalue weighted by atomic mass is 10.2. The van der Waals surface area contributed by atoms with E-state index in [1.165, 1.54) is 23.5 Å². The van der Waals surface area contributed by atoms with Gasteiger partial charge in [0.1, 0.15) is 0 Å². The first-order valence-electron chi connectivity index (χ1n) is 4.47. The largest absolute Gasteiger partial charge is 0.403 e. The Labute approximate surface area is 94.7 Å². The summed E-state index contributed by atoms with van der Waals surface area (Å²) in [5, 5.41) is 1.62. The van der Waals surface area contributed by atoms with E-state index in [1.807, 2.05) is 0 Å². The molecule has 2 aromatic heterocycles. The molecule has 0 aliphatic heterocycles. The summed E-state index contributed by atoms with van der Waals surface area (Å²) >= 11 is 1.34. The average molecular weight is 236 g/mol. The fourth-order valence-electron chi connectivity index (χ4n) is 1.20. The van der Waals surface area contributed by atoms with Gasteiger partial charge in [-0.15, -0.1) is 11.3 Å². The maximum Gasteiger partial charge on any atom is 0.346 e. The quantitative estimate of drug-likeness (QED) is 0.799. The third-order valence-corrected chi connectivity index (χ3v) is 2.51. The first-order valence-corrected chi connectivity index (χ1v) is 5.41. The standard InChI is InChI=1S/C10H8N2O3S/c1-6-7(2-3-8(13)12-6)10(14)15-9-4-16-5-11-9/h2-5H,1H3,(H,12,13). The minimum absolute atomic E-state index is 0.247. The number of carbonyl (C=O) groups is 1. The normalized spacial score (nSPS) is 10.1. The number of esters is 1. The van der Waals surface area contributed by atoms with E-state index in [1.54, 1.807) is 17.8 Å². The number of nitrogens with zero attached hydrogens (tertiary/aromatic N) is 1. The van der Waals surface area contributed by atoms with Crippen molar-refractivity contribution in [2.45, 2.75) is 6.92 Å². The number of aryl methyl sites for hydroxylation is 1. The predicted octanol–water partition coefficient (Wildman–Crippen LogP) is 1.36. The smallest absolute Gasteiger partial charge is 0.346 e. The fourth-order valence-corrected chi connectivity index (χ4v) is 1.65. The Morgan fingerprint density at radius 2 is 2.31 bits per heavy atom. The number of H-pyrrole nitrogens is 1. The summed E-state index contributed by atoms with van der Waals surface area (Å²) in [7, 11) is 0. The summed E-state index contributed by atoms with van der Waals surface area (Å²) in [6, 6.07) is 2.72. The Kier molecular flexibility index (Phi) is 2.82. The number of aromatic amines is 1. The molecule has 2 heterocycles. The van der Waals surface area contributed by atoms with Gasteiger partial charge in [0.15, 0.2) is 0 Å². The van der Waals surface area contributed by atoms with Gasteiger partial charge >= 0.3 is 5.97 Å². The number of carbonyl (C=O) groups excluding carboxylic acids is 1. The van der Waals surface area contributed by atoms with E-state index in [-0.39, 0.29) is 11.4 Å². The first kappa shape index (κ1) is 10.6. The van der Waals surface area contributed by atoms with E-state index in [0.29, 0.717) is 11.3 Å². The van der Waals surface area contributed by atoms with Gasteiger partial charge in [0, 0.05) is 11.8 Å². The van der Waals surface area contributed by atoms with E-state index in [0.717, 1.165) is 0 Å². The van der Waals surface area contributed by atoms with Crippen LogP contribution in [-0.2, 0) is 0 Å². The minimum atomic E-state index is -0.528. The van der Waals surface area contributed by atoms with Crippen molar-refractivity contribution in [2.24, 2.45) is 0 Å². The van der Waals surface area contributed by atoms with Crippen LogP contribution in [0.5, 0.6) is 5.88 Å². The topological polar surface area (TPSA) is 72.0 Å². The molecule has 0 unspecified atom stereocenters. The molecule has 0 radical (unpaired) electrons. The monoisotopic (exact) mass is 236 g/mol. The number of hydrogen-bond acceptors (Lipinski definition) is 5. The Bertz CT molecular complexity index is 560. The summed E-state index contributed by atoms with van der Waals surface area (Å²) in [6.45, 7) is 1.64. The molecule has 82 valence electrons. The third kappa shape index (κ3) is 2.17. The van der Waals surface area contributed by atoms with Crippen molar-refractivity contribution in [3.05, 3.63) is 44.6 Å². The van der Waals surface area contributed by atoms with Gasteiger partial charge < -0.3 is 9.72 Å². The molecule has 0 saturated heterocycles. The van der Waals surface area contributed by atoms with Crippen molar-refractivity contribution in [3.63, 3.8) is 0 Å². The predicted molar refractivity (Wildman–Crippen MR) is 58.9 cm³/mol. The van der Waals surface area contributed by atoms with Crippen LogP contribution < -0.4 is 10.3 Å². The van der Waals surface area contributed by atoms with E-state index >= 15 is 0 Å². The van der Waals surface area contributed by atoms with Crippen molar-refractivity contribution >= 4 is 17.3 Å². The van der Waals surface area contributed by atoms with Crippen molar-refractivity contribution < 1.29 is 9.53 Å². The number of nitrogens with one attached hydrogen (secondary N) is 1. The highest BCUT2D eigenvalue weighted by atomic mass is 32.1. The van der Waals surface area contributed by atoms with Crippen LogP contribution in [0.3, 0.4) is 0 Å². The lowest BCUT2D eigenvalue weighted by Gasteiger charge is -2.03. The van der Waals surface area contributed by atoms with Crippen molar-refractivity contribution in [1.29, 1.82) is 0 Å². The van der Waals surface area contributed by atoms with E-state index in [4.69, 9.17) is 4.74 Å². The number of hydrogen-bond donors (Lipinski definition) is 1. The number of rotatable bonds is 2. The van der Waals surface area contributed by atoms with Crippen LogP contribution in [0.4, 0.5) is 0 Å². The zero-order valence-corrected chi connectivity index (χ0v) is 9.21. The van der Waals surface area contributed by atoms with Crippen LogP contribution in [0, 0.1) is 6.92 Å². The highest BCUT2D eigenvalue weighted by Gasteiger charge is 2.12. The van der Waals surface area contributed by atoms with E-state index in [9.17, 15) is 9.59 Å². The van der Waals surface area contributed by atoms with Gasteiger partial charge in [0.25, 0.3) is 0 Å². The molecule has 0 aromatic carbocycles. The summed E-state index contributed by atoms with van der Waals surface area (Å²) in [5.41, 5.74) is 2.13. The fraction of sp³-hybridized carbons (Fsp3) is 0.100. The Balaban J connectivity index is 2.24. The highest BCUT2D eigenvalue weighted by Crippen LogP contribution is 2.12. The van der Waals surface area contributed by atoms with Gasteiger partial charge in [-0.2, -0.15) is 0 Å². The molecule has 0 amide bonds. The van der Waals surface area contributed by atoms with Crippen molar-refractivity contribution in [2.75, 3.05) is 0 Å². The van der Waals surface area contributed by atoms with Gasteiger partial charge in [-0.25, -0.2) is 9.78 Å². The molecule has 0 saturated carbocycles. The molecule has 16 heavy (non-hydrogen) atoms. The molecule has 2 rings (SSSR count). The molecule has 2 aromatic rings. The molecule has 0 fully saturated rings. The Morgan fingerprint density at radius 3 is 2.94 bits per heavy atom. The van der Waals surface area contributed by atoms with Crippen LogP contribution in [-0.4, -0.2) is 15.9 Å². The zero-order valence-electron chi connectivity index (χ0n) is 8.39. The van der Waals surface area contributed by atoms with Gasteiger partial charge in [0.2, 0.25) is 11.4 Å². The number of thiazole rings is 1. The summed E-state index contributed by atoms with van der Waals surface area (Å²) in [4.78, 5) is 29.0. The second-order valence-electron chi connectivity index (χ2n) is 3.08. The molecule has 6 heteroatoms. The molecule has 0 atom stereocenters. The number of aromatic nitrogens is 2. The number of pyridine rings is 1. The molecule has 0 aliphatic carbocycles. The molecule has 0 bridgehead atoms. The SMILES string of the molecule is Cc1[nH]c(=O)ccc1C(=O)Oc1cscn1. The van der Waals surface area contributed by atoms with Gasteiger partial charge in [0.05, 0.1) is 16.5 Å². The van der Waals surface area contributed by atoms with E-state index in [2.05, 4.69) is 9.97 Å². The molecule has 5 nitrogen and oxygen atoms in total. The first-order chi connectivity index (χ1) is 7.66. The minimum Gasteiger partial charge on any atom is -0.403 e. The lowest BCUT2D eigenvalue weighted by Crippen LogP contribution is -2.15. The Hall–Kier alpha value is -1.95. The zero-order chi connectivity index (χ0) is 11.5. The van der Waals surface area contributed by atoms with Gasteiger partial charge in [-0.1, -0.05) is 0 Å². The highest BCUT2D eigenvalue weighted by molar-refractivity contribution is 7.07. The molecular weight excluding hydrogens is 228 g/mol. The molecular formula is C10H8N2O3S. The summed E-state index contributed by atoms with van der Waals surface area (Å²) in [6.07, 6.45) is 0. The summed E-state index contributed by atoms with van der Waals surface area (Å²) in [5.74, 6) is -0.264. The molecule has 1 N–H and O–H groups in total. The van der Waals surface area contributed by atoms with Crippen molar-refractivity contribution in [3.8, 4) is 5.88 Å². The third-order valence-electron chi connectivity index (χ3n) is 1.94. The average Bonchev–Trinajstić information content (AvgIpc) is 2.70. The second kappa shape index (κ2) is 4.28. The van der Waals surface area contributed by atoms with Crippen LogP contribution in [0.25, 0.3) is 0 Å². The van der Waals surface area contributed by atoms with Crippen LogP contribution in [0.1, 0.15) is 16.1 Å². The number of ether oxygens (including phenoxy) is 1. The second-order valence-corrected chi connectivity index (χ2v) is 3.80. The van der Waals surface area contributed by atoms with E-state index < -0.39 is 5.97 Å². The maximum absolute atomic E-state index is 11.7. The molecule has 0 spiro atoms. The van der Waals surface area contributed by atoms with Crippen LogP contribution in [0.2, 0.25) is 0 Å². The maximum atomic E-state index is 11.7. The van der Waals surface area contributed by atoms with Crippen LogP contribution >= 0.6 is 11.3 Å². The van der Waals surface area contributed by atoms with Gasteiger partial charge in [-0.05, 0) is 13.0 Å². The van der Waals surface area contributed by atoms with Crippen LogP contribution in [0.15, 0.2) is 27.8 Å². The van der Waals surface area contributed by atoms with Gasteiger partial charge in [-0.3, -0.25) is 4.79 Å². The van der Waals surface area contributed by atoms with Crippen molar-refractivity contribution in [1.82, 2.24) is 9.97 Å². The summed E-state index contributed by atoms with van der Waals surface area (Å²) < 4.78 is 5.00. The molecule has 0 aliphatic rings. The lowest BCUT2D eigenvalue weighted by molar-refractivity contribution is 0.0727.